The van der Waals surface area contributed by atoms with Gasteiger partial charge in [-0.3, -0.25) is 9.78 Å². The normalized spacial score (nSPS) is 19.7. The highest BCUT2D eigenvalue weighted by atomic mass is 32.2. The van der Waals surface area contributed by atoms with Crippen molar-refractivity contribution in [3.8, 4) is 11.3 Å². The van der Waals surface area contributed by atoms with Crippen LogP contribution in [-0.2, 0) is 27.7 Å². The number of carbonyl (C=O) groups is 1. The van der Waals surface area contributed by atoms with Crippen LogP contribution in [0.4, 0.5) is 10.1 Å². The minimum Gasteiger partial charge on any atom is -0.312 e. The molecule has 2 N–H and O–H groups in total. The monoisotopic (exact) mass is 451 g/mol. The van der Waals surface area contributed by atoms with E-state index >= 15 is 0 Å². The van der Waals surface area contributed by atoms with Gasteiger partial charge in [-0.2, -0.15) is 0 Å². The Labute approximate surface area is 185 Å². The molecule has 2 atom stereocenters. The molecule has 1 aliphatic carbocycles. The first-order chi connectivity index (χ1) is 15.2. The number of anilines is 1. The molecule has 0 fully saturated rings. The topological polar surface area (TPSA) is 93.4 Å². The minimum absolute atomic E-state index is 0.0116. The summed E-state index contributed by atoms with van der Waals surface area (Å²) in [5.74, 6) is -1.24. The molecule has 0 spiro atoms. The number of rotatable bonds is 3. The first kappa shape index (κ1) is 20.8. The van der Waals surface area contributed by atoms with Crippen molar-refractivity contribution in [2.24, 2.45) is 11.1 Å². The first-order valence-corrected chi connectivity index (χ1v) is 12.0. The van der Waals surface area contributed by atoms with Crippen LogP contribution in [0.25, 0.3) is 11.3 Å². The minimum atomic E-state index is -4.23. The van der Waals surface area contributed by atoms with Gasteiger partial charge in [-0.25, -0.2) is 17.9 Å². The summed E-state index contributed by atoms with van der Waals surface area (Å²) in [6.07, 6.45) is 2.81. The van der Waals surface area contributed by atoms with Crippen LogP contribution < -0.4 is 10.0 Å². The van der Waals surface area contributed by atoms with Crippen LogP contribution in [0.3, 0.4) is 0 Å². The van der Waals surface area contributed by atoms with Gasteiger partial charge < -0.3 is 4.90 Å². The molecular weight excluding hydrogens is 429 g/mol. The fourth-order valence-electron chi connectivity index (χ4n) is 4.89. The van der Waals surface area contributed by atoms with Crippen molar-refractivity contribution in [1.29, 1.82) is 0 Å². The third kappa shape index (κ3) is 3.40. The number of aromatic nitrogens is 1. The molecule has 0 unspecified atom stereocenters. The van der Waals surface area contributed by atoms with Crippen LogP contribution in [0.2, 0.25) is 0 Å². The second kappa shape index (κ2) is 7.50. The van der Waals surface area contributed by atoms with E-state index in [1.165, 1.54) is 12.1 Å². The first-order valence-electron chi connectivity index (χ1n) is 10.4. The Hall–Kier alpha value is -3.10. The van der Waals surface area contributed by atoms with Gasteiger partial charge in [0, 0.05) is 29.9 Å². The molecule has 2 heterocycles. The largest absolute Gasteiger partial charge is 0.312 e. The summed E-state index contributed by atoms with van der Waals surface area (Å²) in [5, 5.41) is 5.16. The van der Waals surface area contributed by atoms with Gasteiger partial charge in [0.1, 0.15) is 10.7 Å². The number of pyridine rings is 1. The van der Waals surface area contributed by atoms with Crippen molar-refractivity contribution in [3.63, 3.8) is 0 Å². The van der Waals surface area contributed by atoms with Crippen molar-refractivity contribution in [1.82, 2.24) is 4.98 Å². The lowest BCUT2D eigenvalue weighted by atomic mass is 9.93. The molecule has 6 nitrogen and oxygen atoms in total. The highest BCUT2D eigenvalue weighted by Gasteiger charge is 2.39. The van der Waals surface area contributed by atoms with Gasteiger partial charge in [-0.05, 0) is 65.8 Å². The summed E-state index contributed by atoms with van der Waals surface area (Å²) in [6, 6.07) is 14.3. The smallest absolute Gasteiger partial charge is 0.241 e. The number of benzene rings is 2. The summed E-state index contributed by atoms with van der Waals surface area (Å²) in [4.78, 5) is 18.9. The Morgan fingerprint density at radius 3 is 2.69 bits per heavy atom. The van der Waals surface area contributed by atoms with Gasteiger partial charge in [0.25, 0.3) is 0 Å². The third-order valence-electron chi connectivity index (χ3n) is 6.56. The molecule has 1 aliphatic heterocycles. The van der Waals surface area contributed by atoms with Gasteiger partial charge in [-0.15, -0.1) is 0 Å². The molecule has 164 valence electrons. The number of nitrogens with zero attached hydrogens (tertiary/aromatic N) is 2. The summed E-state index contributed by atoms with van der Waals surface area (Å²) in [6.45, 7) is 2.42. The second-order valence-electron chi connectivity index (χ2n) is 8.42. The van der Waals surface area contributed by atoms with Crippen LogP contribution in [0.1, 0.15) is 29.5 Å². The lowest BCUT2D eigenvalue weighted by Crippen LogP contribution is -2.36. The van der Waals surface area contributed by atoms with Crippen LogP contribution in [-0.4, -0.2) is 25.9 Å². The molecule has 2 aromatic carbocycles. The number of fused-ring (bicyclic) bond motifs is 2. The average Bonchev–Trinajstić information content (AvgIpc) is 3.33. The Bertz CT molecular complexity index is 1340. The Morgan fingerprint density at radius 1 is 1.16 bits per heavy atom. The molecule has 2 aliphatic rings. The maximum absolute atomic E-state index is 14.2. The van der Waals surface area contributed by atoms with E-state index in [9.17, 15) is 17.6 Å². The Balaban J connectivity index is 1.45. The fourth-order valence-corrected chi connectivity index (χ4v) is 5.49. The molecule has 0 radical (unpaired) electrons. The second-order valence-corrected chi connectivity index (χ2v) is 9.95. The van der Waals surface area contributed by atoms with Gasteiger partial charge >= 0.3 is 0 Å². The number of hydrogen-bond acceptors (Lipinski definition) is 4. The average molecular weight is 452 g/mol. The molecule has 1 aromatic heterocycles. The highest BCUT2D eigenvalue weighted by Crippen LogP contribution is 2.42. The van der Waals surface area contributed by atoms with Crippen molar-refractivity contribution >= 4 is 21.6 Å². The summed E-state index contributed by atoms with van der Waals surface area (Å²) in [7, 11) is -4.23. The van der Waals surface area contributed by atoms with Gasteiger partial charge in [0.15, 0.2) is 0 Å². The van der Waals surface area contributed by atoms with E-state index in [1.54, 1.807) is 11.1 Å². The van der Waals surface area contributed by atoms with Crippen molar-refractivity contribution in [2.75, 3.05) is 11.4 Å². The Morgan fingerprint density at radius 2 is 1.97 bits per heavy atom. The maximum atomic E-state index is 14.2. The van der Waals surface area contributed by atoms with E-state index in [0.29, 0.717) is 30.6 Å². The predicted molar refractivity (Wildman–Crippen MR) is 119 cm³/mol. The number of amides is 1. The van der Waals surface area contributed by atoms with Gasteiger partial charge in [0.2, 0.25) is 15.9 Å². The summed E-state index contributed by atoms with van der Waals surface area (Å²) < 4.78 is 37.8. The lowest BCUT2D eigenvalue weighted by Gasteiger charge is -2.24. The van der Waals surface area contributed by atoms with E-state index in [2.05, 4.69) is 17.1 Å². The van der Waals surface area contributed by atoms with Crippen LogP contribution in [0.15, 0.2) is 59.6 Å². The molecule has 32 heavy (non-hydrogen) atoms. The van der Waals surface area contributed by atoms with Crippen LogP contribution in [0.5, 0.6) is 0 Å². The van der Waals surface area contributed by atoms with E-state index in [-0.39, 0.29) is 17.7 Å². The van der Waals surface area contributed by atoms with E-state index in [1.807, 2.05) is 31.2 Å². The molecular formula is C24H22FN3O3S. The van der Waals surface area contributed by atoms with Gasteiger partial charge in [-0.1, -0.05) is 25.1 Å². The fraction of sp³-hybridized carbons (Fsp3) is 0.250. The molecule has 1 amide bonds. The van der Waals surface area contributed by atoms with E-state index < -0.39 is 20.7 Å². The molecule has 0 bridgehead atoms. The van der Waals surface area contributed by atoms with Crippen molar-refractivity contribution in [3.05, 3.63) is 77.2 Å². The van der Waals surface area contributed by atoms with Crippen molar-refractivity contribution < 1.29 is 17.6 Å². The number of halogens is 1. The molecule has 3 aromatic rings. The molecule has 0 saturated carbocycles. The Kier molecular flexibility index (Phi) is 4.87. The zero-order valence-electron chi connectivity index (χ0n) is 17.5. The molecule has 0 saturated heterocycles. The summed E-state index contributed by atoms with van der Waals surface area (Å²) in [5.41, 5.74) is 5.17. The SMILES string of the molecule is C[C@H]1c2ccc(-c3ccccn3)cc2C[C@@H]1C(=O)N1CCc2cc(F)c(S(N)(=O)=O)cc21. The van der Waals surface area contributed by atoms with Crippen molar-refractivity contribution in [2.45, 2.75) is 30.6 Å². The summed E-state index contributed by atoms with van der Waals surface area (Å²) >= 11 is 0. The number of hydrogen-bond donors (Lipinski definition) is 1. The van der Waals surface area contributed by atoms with Crippen LogP contribution in [0, 0.1) is 11.7 Å². The van der Waals surface area contributed by atoms with E-state index in [4.69, 9.17) is 5.14 Å². The number of nitrogens with two attached hydrogens (primary N) is 1. The van der Waals surface area contributed by atoms with Crippen LogP contribution >= 0.6 is 0 Å². The molecule has 8 heteroatoms. The zero-order chi connectivity index (χ0) is 22.6. The maximum Gasteiger partial charge on any atom is 0.241 e. The zero-order valence-corrected chi connectivity index (χ0v) is 18.3. The number of sulfonamides is 1. The predicted octanol–water partition coefficient (Wildman–Crippen LogP) is 3.40. The molecule has 5 rings (SSSR count). The number of carbonyl (C=O) groups excluding carboxylic acids is 1. The van der Waals surface area contributed by atoms with Gasteiger partial charge in [0.05, 0.1) is 5.69 Å². The quantitative estimate of drug-likeness (QED) is 0.661. The third-order valence-corrected chi connectivity index (χ3v) is 7.48. The standard InChI is InChI=1S/C24H22FN3O3S/c1-14-18-6-5-15(21-4-2-3-8-27-21)10-17(18)11-19(14)24(29)28-9-7-16-12-20(25)23(13-22(16)28)32(26,30)31/h2-6,8,10,12-14,19H,7,9,11H2,1H3,(H2,26,30,31)/t14-,19-/m0/s1. The number of primary sulfonamides is 1. The highest BCUT2D eigenvalue weighted by molar-refractivity contribution is 7.89. The van der Waals surface area contributed by atoms with E-state index in [0.717, 1.165) is 22.4 Å². The lowest BCUT2D eigenvalue weighted by molar-refractivity contribution is -0.122.